The van der Waals surface area contributed by atoms with Gasteiger partial charge >= 0.3 is 5.97 Å². The number of hydrogen-bond acceptors (Lipinski definition) is 5. The Morgan fingerprint density at radius 3 is 2.26 bits per heavy atom. The summed E-state index contributed by atoms with van der Waals surface area (Å²) in [6, 6.07) is 4.12. The largest absolute Gasteiger partial charge is 0.480 e. The summed E-state index contributed by atoms with van der Waals surface area (Å²) in [5, 5.41) is 10.9. The lowest BCUT2D eigenvalue weighted by Gasteiger charge is -2.08. The molecule has 0 fully saturated rings. The van der Waals surface area contributed by atoms with Crippen molar-refractivity contribution in [1.82, 2.24) is 5.32 Å². The standard InChI is InChI=1S/C11H14N2O5S/c1-19(17,18)8-4-2-7(3-5-8)10(14)13-6-9(12)11(15)16/h2-5,9H,6,12H2,1H3,(H,13,14)(H,15,16)/t9-/m0/s1. The minimum absolute atomic E-state index is 0.103. The fraction of sp³-hybridized carbons (Fsp3) is 0.273. The topological polar surface area (TPSA) is 127 Å². The van der Waals surface area contributed by atoms with Gasteiger partial charge in [0.25, 0.3) is 5.91 Å². The number of sulfone groups is 1. The second-order valence-corrected chi connectivity index (χ2v) is 5.97. The number of rotatable bonds is 5. The molecule has 0 bridgehead atoms. The van der Waals surface area contributed by atoms with E-state index in [1.807, 2.05) is 0 Å². The number of benzene rings is 1. The van der Waals surface area contributed by atoms with Crippen LogP contribution in [0.4, 0.5) is 0 Å². The van der Waals surface area contributed by atoms with Crippen molar-refractivity contribution in [3.8, 4) is 0 Å². The third kappa shape index (κ3) is 4.34. The molecule has 1 aromatic carbocycles. The fourth-order valence-electron chi connectivity index (χ4n) is 1.25. The summed E-state index contributed by atoms with van der Waals surface area (Å²) in [4.78, 5) is 22.2. The van der Waals surface area contributed by atoms with Gasteiger partial charge in [0.1, 0.15) is 6.04 Å². The van der Waals surface area contributed by atoms with E-state index in [0.717, 1.165) is 6.26 Å². The molecule has 0 saturated carbocycles. The zero-order valence-electron chi connectivity index (χ0n) is 10.2. The van der Waals surface area contributed by atoms with Crippen LogP contribution in [-0.4, -0.2) is 44.2 Å². The molecule has 0 heterocycles. The first-order chi connectivity index (χ1) is 8.71. The van der Waals surface area contributed by atoms with E-state index < -0.39 is 27.8 Å². The van der Waals surface area contributed by atoms with Gasteiger partial charge in [0, 0.05) is 18.4 Å². The van der Waals surface area contributed by atoms with Gasteiger partial charge in [-0.1, -0.05) is 0 Å². The molecule has 1 atom stereocenters. The van der Waals surface area contributed by atoms with Crippen molar-refractivity contribution in [2.75, 3.05) is 12.8 Å². The molecule has 0 aromatic heterocycles. The first kappa shape index (κ1) is 15.1. The number of carbonyl (C=O) groups excluding carboxylic acids is 1. The summed E-state index contributed by atoms with van der Waals surface area (Å²) in [6.07, 6.45) is 1.06. The summed E-state index contributed by atoms with van der Waals surface area (Å²) in [5.41, 5.74) is 5.46. The molecule has 0 unspecified atom stereocenters. The van der Waals surface area contributed by atoms with E-state index in [9.17, 15) is 18.0 Å². The highest BCUT2D eigenvalue weighted by Crippen LogP contribution is 2.10. The third-order valence-electron chi connectivity index (χ3n) is 2.34. The van der Waals surface area contributed by atoms with Gasteiger partial charge in [0.05, 0.1) is 4.90 Å². The molecular formula is C11H14N2O5S. The Balaban J connectivity index is 2.71. The first-order valence-electron chi connectivity index (χ1n) is 5.28. The number of carboxylic acids is 1. The van der Waals surface area contributed by atoms with Crippen molar-refractivity contribution < 1.29 is 23.1 Å². The summed E-state index contributed by atoms with van der Waals surface area (Å²) in [5.74, 6) is -1.73. The fourth-order valence-corrected chi connectivity index (χ4v) is 1.88. The van der Waals surface area contributed by atoms with Gasteiger partial charge in [-0.05, 0) is 24.3 Å². The third-order valence-corrected chi connectivity index (χ3v) is 3.47. The molecule has 104 valence electrons. The Morgan fingerprint density at radius 2 is 1.84 bits per heavy atom. The summed E-state index contributed by atoms with van der Waals surface area (Å²) >= 11 is 0. The van der Waals surface area contributed by atoms with Crippen molar-refractivity contribution in [2.45, 2.75) is 10.9 Å². The van der Waals surface area contributed by atoms with Gasteiger partial charge < -0.3 is 16.2 Å². The quantitative estimate of drug-likeness (QED) is 0.652. The Bertz CT molecular complexity index is 580. The van der Waals surface area contributed by atoms with Gasteiger partial charge in [-0.3, -0.25) is 9.59 Å². The molecule has 8 heteroatoms. The van der Waals surface area contributed by atoms with Crippen LogP contribution in [0.25, 0.3) is 0 Å². The predicted molar refractivity (Wildman–Crippen MR) is 67.5 cm³/mol. The Hall–Kier alpha value is -1.93. The molecule has 4 N–H and O–H groups in total. The van der Waals surface area contributed by atoms with Crippen molar-refractivity contribution in [2.24, 2.45) is 5.73 Å². The highest BCUT2D eigenvalue weighted by molar-refractivity contribution is 7.90. The van der Waals surface area contributed by atoms with E-state index in [1.165, 1.54) is 24.3 Å². The van der Waals surface area contributed by atoms with Crippen LogP contribution in [0.15, 0.2) is 29.2 Å². The summed E-state index contributed by atoms with van der Waals surface area (Å²) in [6.45, 7) is -0.206. The van der Waals surface area contributed by atoms with Gasteiger partial charge in [-0.2, -0.15) is 0 Å². The monoisotopic (exact) mass is 286 g/mol. The second kappa shape index (κ2) is 5.81. The normalized spacial score (nSPS) is 12.7. The number of amides is 1. The molecule has 1 rings (SSSR count). The van der Waals surface area contributed by atoms with Crippen LogP contribution in [0.1, 0.15) is 10.4 Å². The molecule has 0 spiro atoms. The average molecular weight is 286 g/mol. The van der Waals surface area contributed by atoms with Crippen molar-refractivity contribution in [1.29, 1.82) is 0 Å². The lowest BCUT2D eigenvalue weighted by atomic mass is 10.2. The highest BCUT2D eigenvalue weighted by Gasteiger charge is 2.14. The molecular weight excluding hydrogens is 272 g/mol. The van der Waals surface area contributed by atoms with Crippen LogP contribution in [0, 0.1) is 0 Å². The molecule has 19 heavy (non-hydrogen) atoms. The van der Waals surface area contributed by atoms with E-state index >= 15 is 0 Å². The van der Waals surface area contributed by atoms with Crippen molar-refractivity contribution in [3.05, 3.63) is 29.8 Å². The number of aliphatic carboxylic acids is 1. The minimum Gasteiger partial charge on any atom is -0.480 e. The maximum atomic E-state index is 11.6. The molecule has 0 aliphatic heterocycles. The number of hydrogen-bond donors (Lipinski definition) is 3. The molecule has 0 saturated heterocycles. The van der Waals surface area contributed by atoms with Gasteiger partial charge in [0.15, 0.2) is 9.84 Å². The first-order valence-corrected chi connectivity index (χ1v) is 7.17. The molecule has 1 amide bonds. The van der Waals surface area contributed by atoms with Gasteiger partial charge in [0.2, 0.25) is 0 Å². The SMILES string of the molecule is CS(=O)(=O)c1ccc(C(=O)NC[C@H](N)C(=O)O)cc1. The maximum Gasteiger partial charge on any atom is 0.322 e. The number of nitrogens with one attached hydrogen (secondary N) is 1. The van der Waals surface area contributed by atoms with Crippen molar-refractivity contribution >= 4 is 21.7 Å². The summed E-state index contributed by atoms with van der Waals surface area (Å²) in [7, 11) is -3.31. The van der Waals surface area contributed by atoms with Crippen LogP contribution in [0.2, 0.25) is 0 Å². The molecule has 1 aromatic rings. The predicted octanol–water partition coefficient (Wildman–Crippen LogP) is -0.768. The second-order valence-electron chi connectivity index (χ2n) is 3.95. The maximum absolute atomic E-state index is 11.6. The zero-order valence-corrected chi connectivity index (χ0v) is 11.0. The van der Waals surface area contributed by atoms with Gasteiger partial charge in [-0.15, -0.1) is 0 Å². The molecule has 0 aliphatic carbocycles. The van der Waals surface area contributed by atoms with Gasteiger partial charge in [-0.25, -0.2) is 8.42 Å². The average Bonchev–Trinajstić information content (AvgIpc) is 2.34. The van der Waals surface area contributed by atoms with E-state index in [4.69, 9.17) is 10.8 Å². The van der Waals surface area contributed by atoms with E-state index in [0.29, 0.717) is 0 Å². The van der Waals surface area contributed by atoms with Crippen LogP contribution < -0.4 is 11.1 Å². The Morgan fingerprint density at radius 1 is 1.32 bits per heavy atom. The number of carboxylic acid groups (broad SMARTS) is 1. The highest BCUT2D eigenvalue weighted by atomic mass is 32.2. The lowest BCUT2D eigenvalue weighted by molar-refractivity contribution is -0.138. The lowest BCUT2D eigenvalue weighted by Crippen LogP contribution is -2.42. The Labute approximate surface area is 110 Å². The smallest absolute Gasteiger partial charge is 0.322 e. The van der Waals surface area contributed by atoms with Crippen molar-refractivity contribution in [3.63, 3.8) is 0 Å². The molecule has 0 aliphatic rings. The number of nitrogens with two attached hydrogens (primary N) is 1. The summed E-state index contributed by atoms with van der Waals surface area (Å²) < 4.78 is 22.4. The molecule has 7 nitrogen and oxygen atoms in total. The van der Waals surface area contributed by atoms with Crippen LogP contribution in [0.3, 0.4) is 0 Å². The van der Waals surface area contributed by atoms with E-state index in [-0.39, 0.29) is 17.0 Å². The number of carbonyl (C=O) groups is 2. The van der Waals surface area contributed by atoms with E-state index in [1.54, 1.807) is 0 Å². The van der Waals surface area contributed by atoms with Crippen LogP contribution >= 0.6 is 0 Å². The van der Waals surface area contributed by atoms with E-state index in [2.05, 4.69) is 5.32 Å². The van der Waals surface area contributed by atoms with Crippen LogP contribution in [-0.2, 0) is 14.6 Å². The zero-order chi connectivity index (χ0) is 14.6. The minimum atomic E-state index is -3.31. The Kier molecular flexibility index (Phi) is 4.62. The van der Waals surface area contributed by atoms with Crippen LogP contribution in [0.5, 0.6) is 0 Å². The molecule has 0 radical (unpaired) electrons.